The van der Waals surface area contributed by atoms with Crippen molar-refractivity contribution in [1.29, 1.82) is 0 Å². The van der Waals surface area contributed by atoms with Crippen molar-refractivity contribution < 1.29 is 38.1 Å². The highest BCUT2D eigenvalue weighted by atomic mass is 16.6. The monoisotopic (exact) mass is 360 g/mol. The van der Waals surface area contributed by atoms with Gasteiger partial charge in [0.05, 0.1) is 26.1 Å². The molecule has 25 heavy (non-hydrogen) atoms. The van der Waals surface area contributed by atoms with E-state index in [1.54, 1.807) is 6.92 Å². The highest BCUT2D eigenvalue weighted by Gasteiger charge is 2.46. The zero-order valence-electron chi connectivity index (χ0n) is 15.4. The van der Waals surface area contributed by atoms with E-state index in [9.17, 15) is 19.2 Å². The molecule has 0 aliphatic rings. The Morgan fingerprint density at radius 2 is 1.28 bits per heavy atom. The van der Waals surface area contributed by atoms with Gasteiger partial charge in [-0.25, -0.2) is 4.79 Å². The van der Waals surface area contributed by atoms with Gasteiger partial charge in [-0.1, -0.05) is 20.8 Å². The Morgan fingerprint density at radius 1 is 0.760 bits per heavy atom. The van der Waals surface area contributed by atoms with Crippen LogP contribution >= 0.6 is 0 Å². The molecule has 1 atom stereocenters. The molecule has 0 aromatic rings. The highest BCUT2D eigenvalue weighted by molar-refractivity contribution is 5.93. The molecule has 0 aromatic heterocycles. The molecule has 0 aliphatic heterocycles. The number of carbonyl (C=O) groups excluding carboxylic acids is 4. The first kappa shape index (κ1) is 23.0. The lowest BCUT2D eigenvalue weighted by atomic mass is 9.95. The molecule has 0 bridgehead atoms. The Morgan fingerprint density at radius 3 is 1.80 bits per heavy atom. The number of esters is 4. The fourth-order valence-corrected chi connectivity index (χ4v) is 1.92. The molecular weight excluding hydrogens is 332 g/mol. The van der Waals surface area contributed by atoms with E-state index in [4.69, 9.17) is 14.2 Å². The molecule has 0 amide bonds. The predicted octanol–water partition coefficient (Wildman–Crippen LogP) is 1.93. The van der Waals surface area contributed by atoms with Gasteiger partial charge in [-0.2, -0.15) is 0 Å². The van der Waals surface area contributed by atoms with Gasteiger partial charge < -0.3 is 18.9 Å². The Labute approximate surface area is 148 Å². The lowest BCUT2D eigenvalue weighted by Crippen LogP contribution is -2.47. The summed E-state index contributed by atoms with van der Waals surface area (Å²) in [5.74, 6) is -3.33. The van der Waals surface area contributed by atoms with Gasteiger partial charge in [0.15, 0.2) is 5.60 Å². The fraction of sp³-hybridized carbons (Fsp3) is 0.765. The zero-order chi connectivity index (χ0) is 19.3. The standard InChI is InChI=1S/C17H28O8/c1-5-8-22-14(19)11-17(24-10-7-3,16(21)23-9-6-2)12-15(20)25-13(4)18/h5-12H2,1-4H3. The summed E-state index contributed by atoms with van der Waals surface area (Å²) < 4.78 is 20.1. The number of hydrogen-bond acceptors (Lipinski definition) is 8. The van der Waals surface area contributed by atoms with E-state index in [0.717, 1.165) is 6.92 Å². The first-order chi connectivity index (χ1) is 11.8. The molecule has 0 heterocycles. The molecule has 0 spiro atoms. The van der Waals surface area contributed by atoms with Gasteiger partial charge in [-0.05, 0) is 19.3 Å². The fourth-order valence-electron chi connectivity index (χ4n) is 1.92. The molecule has 144 valence electrons. The largest absolute Gasteiger partial charge is 0.466 e. The Balaban J connectivity index is 5.45. The molecule has 0 rings (SSSR count). The minimum Gasteiger partial charge on any atom is -0.466 e. The first-order valence-corrected chi connectivity index (χ1v) is 8.49. The van der Waals surface area contributed by atoms with Gasteiger partial charge >= 0.3 is 23.9 Å². The summed E-state index contributed by atoms with van der Waals surface area (Å²) in [4.78, 5) is 47.4. The van der Waals surface area contributed by atoms with Crippen LogP contribution in [0.2, 0.25) is 0 Å². The van der Waals surface area contributed by atoms with E-state index >= 15 is 0 Å². The average molecular weight is 360 g/mol. The van der Waals surface area contributed by atoms with E-state index in [1.807, 2.05) is 13.8 Å². The number of rotatable bonds is 12. The molecule has 8 nitrogen and oxygen atoms in total. The van der Waals surface area contributed by atoms with Crippen LogP contribution in [-0.2, 0) is 38.1 Å². The van der Waals surface area contributed by atoms with Crippen LogP contribution in [-0.4, -0.2) is 49.3 Å². The maximum absolute atomic E-state index is 12.5. The second kappa shape index (κ2) is 12.4. The van der Waals surface area contributed by atoms with E-state index in [0.29, 0.717) is 19.3 Å². The predicted molar refractivity (Wildman–Crippen MR) is 87.5 cm³/mol. The van der Waals surface area contributed by atoms with Crippen molar-refractivity contribution in [2.75, 3.05) is 19.8 Å². The summed E-state index contributed by atoms with van der Waals surface area (Å²) >= 11 is 0. The molecule has 0 aromatic carbocycles. The van der Waals surface area contributed by atoms with Crippen molar-refractivity contribution >= 4 is 23.9 Å². The van der Waals surface area contributed by atoms with Gasteiger partial charge in [0, 0.05) is 13.5 Å². The first-order valence-electron chi connectivity index (χ1n) is 8.49. The number of carbonyl (C=O) groups is 4. The second-order valence-electron chi connectivity index (χ2n) is 5.52. The second-order valence-corrected chi connectivity index (χ2v) is 5.52. The van der Waals surface area contributed by atoms with Crippen molar-refractivity contribution in [3.63, 3.8) is 0 Å². The molecular formula is C17H28O8. The normalized spacial score (nSPS) is 12.8. The zero-order valence-corrected chi connectivity index (χ0v) is 15.4. The van der Waals surface area contributed by atoms with Gasteiger partial charge in [-0.3, -0.25) is 14.4 Å². The van der Waals surface area contributed by atoms with E-state index < -0.39 is 42.3 Å². The van der Waals surface area contributed by atoms with Crippen LogP contribution in [0.3, 0.4) is 0 Å². The molecule has 0 aliphatic carbocycles. The summed E-state index contributed by atoms with van der Waals surface area (Å²) in [7, 11) is 0. The van der Waals surface area contributed by atoms with Gasteiger partial charge in [0.2, 0.25) is 0 Å². The topological polar surface area (TPSA) is 105 Å². The maximum Gasteiger partial charge on any atom is 0.339 e. The Bertz CT molecular complexity index is 460. The van der Waals surface area contributed by atoms with Crippen LogP contribution in [0.4, 0.5) is 0 Å². The van der Waals surface area contributed by atoms with E-state index in [1.165, 1.54) is 0 Å². The van der Waals surface area contributed by atoms with Crippen LogP contribution in [0.15, 0.2) is 0 Å². The van der Waals surface area contributed by atoms with Crippen LogP contribution in [0.5, 0.6) is 0 Å². The Kier molecular flexibility index (Phi) is 11.4. The molecule has 0 fully saturated rings. The van der Waals surface area contributed by atoms with Crippen LogP contribution in [0, 0.1) is 0 Å². The van der Waals surface area contributed by atoms with Crippen molar-refractivity contribution in [2.45, 2.75) is 65.4 Å². The molecule has 0 saturated heterocycles. The van der Waals surface area contributed by atoms with Crippen LogP contribution in [0.25, 0.3) is 0 Å². The van der Waals surface area contributed by atoms with Gasteiger partial charge in [0.25, 0.3) is 0 Å². The summed E-state index contributed by atoms with van der Waals surface area (Å²) in [5.41, 5.74) is -1.87. The van der Waals surface area contributed by atoms with Crippen molar-refractivity contribution in [1.82, 2.24) is 0 Å². The molecule has 0 saturated carbocycles. The lowest BCUT2D eigenvalue weighted by Gasteiger charge is -2.29. The minimum atomic E-state index is -1.87. The SMILES string of the molecule is CCCOC(=O)CC(CC(=O)OC(C)=O)(OCCC)C(=O)OCCC. The van der Waals surface area contributed by atoms with Crippen LogP contribution < -0.4 is 0 Å². The van der Waals surface area contributed by atoms with E-state index in [-0.39, 0.29) is 19.8 Å². The molecule has 0 radical (unpaired) electrons. The maximum atomic E-state index is 12.5. The number of hydrogen-bond donors (Lipinski definition) is 0. The third-order valence-corrected chi connectivity index (χ3v) is 2.98. The smallest absolute Gasteiger partial charge is 0.339 e. The quantitative estimate of drug-likeness (QED) is 0.295. The highest BCUT2D eigenvalue weighted by Crippen LogP contribution is 2.25. The third kappa shape index (κ3) is 9.19. The van der Waals surface area contributed by atoms with Crippen molar-refractivity contribution in [3.05, 3.63) is 0 Å². The van der Waals surface area contributed by atoms with Gasteiger partial charge in [-0.15, -0.1) is 0 Å². The van der Waals surface area contributed by atoms with Crippen molar-refractivity contribution in [2.24, 2.45) is 0 Å². The van der Waals surface area contributed by atoms with E-state index in [2.05, 4.69) is 4.74 Å². The van der Waals surface area contributed by atoms with Gasteiger partial charge in [0.1, 0.15) is 0 Å². The van der Waals surface area contributed by atoms with Crippen LogP contribution in [0.1, 0.15) is 59.8 Å². The molecule has 8 heteroatoms. The minimum absolute atomic E-state index is 0.113. The summed E-state index contributed by atoms with van der Waals surface area (Å²) in [6.45, 7) is 6.93. The third-order valence-electron chi connectivity index (χ3n) is 2.98. The average Bonchev–Trinajstić information content (AvgIpc) is 2.54. The summed E-state index contributed by atoms with van der Waals surface area (Å²) in [6.07, 6.45) is 0.614. The summed E-state index contributed by atoms with van der Waals surface area (Å²) in [5, 5.41) is 0. The lowest BCUT2D eigenvalue weighted by molar-refractivity contribution is -0.186. The summed E-state index contributed by atoms with van der Waals surface area (Å²) in [6, 6.07) is 0. The van der Waals surface area contributed by atoms with Crippen molar-refractivity contribution in [3.8, 4) is 0 Å². The molecule has 1 unspecified atom stereocenters. The number of ether oxygens (including phenoxy) is 4. The molecule has 0 N–H and O–H groups in total. The Hall–Kier alpha value is -1.96.